The number of nitrogens with zero attached hydrogens (tertiary/aromatic N) is 1. The predicted octanol–water partition coefficient (Wildman–Crippen LogP) is 4.09. The Morgan fingerprint density at radius 1 is 1.27 bits per heavy atom. The second-order valence-corrected chi connectivity index (χ2v) is 6.67. The van der Waals surface area contributed by atoms with Gasteiger partial charge < -0.3 is 10.3 Å². The standard InChI is InChI=1S/C17H19N3OS/c1-9(2)18-17-20-14(8-22-17)13-7-15(21)12-6-5-10(3)11(4)16(12)19-13/h5-9H,1-4H3,(H,18,20)(H,19,21). The van der Waals surface area contributed by atoms with Crippen molar-refractivity contribution in [2.24, 2.45) is 0 Å². The van der Waals surface area contributed by atoms with E-state index in [1.807, 2.05) is 31.4 Å². The van der Waals surface area contributed by atoms with Crippen LogP contribution in [0.15, 0.2) is 28.4 Å². The highest BCUT2D eigenvalue weighted by atomic mass is 32.1. The van der Waals surface area contributed by atoms with Gasteiger partial charge in [0.15, 0.2) is 10.6 Å². The highest BCUT2D eigenvalue weighted by molar-refractivity contribution is 7.14. The molecular formula is C17H19N3OS. The van der Waals surface area contributed by atoms with Gasteiger partial charge >= 0.3 is 0 Å². The second-order valence-electron chi connectivity index (χ2n) is 5.81. The molecule has 0 bridgehead atoms. The van der Waals surface area contributed by atoms with Crippen LogP contribution in [0.1, 0.15) is 25.0 Å². The Kier molecular flexibility index (Phi) is 3.74. The van der Waals surface area contributed by atoms with E-state index in [1.165, 1.54) is 5.56 Å². The van der Waals surface area contributed by atoms with Crippen molar-refractivity contribution >= 4 is 27.4 Å². The van der Waals surface area contributed by atoms with E-state index in [1.54, 1.807) is 17.4 Å². The molecule has 0 fully saturated rings. The fourth-order valence-corrected chi connectivity index (χ4v) is 3.27. The Hall–Kier alpha value is -2.14. The molecule has 0 radical (unpaired) electrons. The van der Waals surface area contributed by atoms with Crippen LogP contribution in [0.3, 0.4) is 0 Å². The van der Waals surface area contributed by atoms with Crippen LogP contribution in [0.2, 0.25) is 0 Å². The van der Waals surface area contributed by atoms with Crippen LogP contribution in [-0.4, -0.2) is 16.0 Å². The molecule has 2 aromatic heterocycles. The minimum absolute atomic E-state index is 0.0261. The number of hydrogen-bond donors (Lipinski definition) is 2. The quantitative estimate of drug-likeness (QED) is 0.765. The summed E-state index contributed by atoms with van der Waals surface area (Å²) >= 11 is 1.55. The van der Waals surface area contributed by atoms with Crippen LogP contribution in [0, 0.1) is 13.8 Å². The molecule has 4 nitrogen and oxygen atoms in total. The lowest BCUT2D eigenvalue weighted by Gasteiger charge is -2.08. The molecule has 0 aliphatic heterocycles. The number of aromatic amines is 1. The van der Waals surface area contributed by atoms with E-state index in [4.69, 9.17) is 0 Å². The van der Waals surface area contributed by atoms with Crippen LogP contribution >= 0.6 is 11.3 Å². The van der Waals surface area contributed by atoms with Crippen molar-refractivity contribution in [2.75, 3.05) is 5.32 Å². The maximum Gasteiger partial charge on any atom is 0.190 e. The summed E-state index contributed by atoms with van der Waals surface area (Å²) in [6.45, 7) is 8.23. The SMILES string of the molecule is Cc1ccc2c(=O)cc(-c3csc(NC(C)C)n3)[nH]c2c1C. The number of fused-ring (bicyclic) bond motifs is 1. The summed E-state index contributed by atoms with van der Waals surface area (Å²) in [7, 11) is 0. The number of aromatic nitrogens is 2. The first kappa shape index (κ1) is 14.8. The number of anilines is 1. The first-order valence-electron chi connectivity index (χ1n) is 7.31. The molecule has 0 saturated carbocycles. The van der Waals surface area contributed by atoms with Gasteiger partial charge in [0.2, 0.25) is 0 Å². The minimum Gasteiger partial charge on any atom is -0.359 e. The van der Waals surface area contributed by atoms with Gasteiger partial charge in [-0.1, -0.05) is 6.07 Å². The Morgan fingerprint density at radius 2 is 2.05 bits per heavy atom. The van der Waals surface area contributed by atoms with E-state index in [2.05, 4.69) is 29.1 Å². The molecule has 114 valence electrons. The average molecular weight is 313 g/mol. The van der Waals surface area contributed by atoms with Gasteiger partial charge in [0.25, 0.3) is 0 Å². The maximum absolute atomic E-state index is 12.4. The van der Waals surface area contributed by atoms with Crippen molar-refractivity contribution < 1.29 is 0 Å². The van der Waals surface area contributed by atoms with Crippen molar-refractivity contribution in [3.8, 4) is 11.4 Å². The highest BCUT2D eigenvalue weighted by Crippen LogP contribution is 2.25. The molecular weight excluding hydrogens is 294 g/mol. The summed E-state index contributed by atoms with van der Waals surface area (Å²) in [5.74, 6) is 0. The summed E-state index contributed by atoms with van der Waals surface area (Å²) in [6.07, 6.45) is 0. The van der Waals surface area contributed by atoms with E-state index >= 15 is 0 Å². The second kappa shape index (κ2) is 5.57. The molecule has 0 saturated heterocycles. The first-order valence-corrected chi connectivity index (χ1v) is 8.19. The van der Waals surface area contributed by atoms with E-state index in [0.717, 1.165) is 33.0 Å². The monoisotopic (exact) mass is 313 g/mol. The van der Waals surface area contributed by atoms with Gasteiger partial charge in [-0.25, -0.2) is 4.98 Å². The van der Waals surface area contributed by atoms with Crippen LogP contribution < -0.4 is 10.7 Å². The van der Waals surface area contributed by atoms with Gasteiger partial charge in [-0.15, -0.1) is 11.3 Å². The summed E-state index contributed by atoms with van der Waals surface area (Å²) < 4.78 is 0. The third-order valence-electron chi connectivity index (χ3n) is 3.73. The smallest absolute Gasteiger partial charge is 0.190 e. The molecule has 22 heavy (non-hydrogen) atoms. The van der Waals surface area contributed by atoms with Gasteiger partial charge in [0.1, 0.15) is 0 Å². The van der Waals surface area contributed by atoms with E-state index < -0.39 is 0 Å². The lowest BCUT2D eigenvalue weighted by Crippen LogP contribution is -2.09. The Morgan fingerprint density at radius 3 is 2.77 bits per heavy atom. The summed E-state index contributed by atoms with van der Waals surface area (Å²) in [6, 6.07) is 5.83. The van der Waals surface area contributed by atoms with Gasteiger partial charge in [0, 0.05) is 22.9 Å². The largest absolute Gasteiger partial charge is 0.359 e. The molecule has 1 aromatic carbocycles. The van der Waals surface area contributed by atoms with Crippen LogP contribution in [0.4, 0.5) is 5.13 Å². The van der Waals surface area contributed by atoms with Gasteiger partial charge in [-0.2, -0.15) is 0 Å². The number of thiazole rings is 1. The molecule has 3 aromatic rings. The number of aryl methyl sites for hydroxylation is 2. The molecule has 0 spiro atoms. The number of nitrogens with one attached hydrogen (secondary N) is 2. The highest BCUT2D eigenvalue weighted by Gasteiger charge is 2.10. The van der Waals surface area contributed by atoms with Crippen molar-refractivity contribution in [3.63, 3.8) is 0 Å². The van der Waals surface area contributed by atoms with Gasteiger partial charge in [0.05, 0.1) is 16.9 Å². The molecule has 0 aliphatic carbocycles. The zero-order valence-corrected chi connectivity index (χ0v) is 14.0. The molecule has 0 aliphatic rings. The number of pyridine rings is 1. The topological polar surface area (TPSA) is 57.8 Å². The van der Waals surface area contributed by atoms with Crippen LogP contribution in [0.25, 0.3) is 22.3 Å². The molecule has 0 amide bonds. The Bertz CT molecular complexity index is 893. The summed E-state index contributed by atoms with van der Waals surface area (Å²) in [5, 5.41) is 6.84. The van der Waals surface area contributed by atoms with Crippen molar-refractivity contribution in [2.45, 2.75) is 33.7 Å². The van der Waals surface area contributed by atoms with E-state index in [9.17, 15) is 4.79 Å². The van der Waals surface area contributed by atoms with Crippen LogP contribution in [0.5, 0.6) is 0 Å². The van der Waals surface area contributed by atoms with Crippen molar-refractivity contribution in [1.82, 2.24) is 9.97 Å². The van der Waals surface area contributed by atoms with E-state index in [0.29, 0.717) is 6.04 Å². The number of hydrogen-bond acceptors (Lipinski definition) is 4. The zero-order chi connectivity index (χ0) is 15.9. The van der Waals surface area contributed by atoms with Gasteiger partial charge in [-0.3, -0.25) is 4.79 Å². The summed E-state index contributed by atoms with van der Waals surface area (Å²) in [5.41, 5.74) is 4.76. The lowest BCUT2D eigenvalue weighted by molar-refractivity contribution is 0.896. The fraction of sp³-hybridized carbons (Fsp3) is 0.294. The first-order chi connectivity index (χ1) is 10.5. The predicted molar refractivity (Wildman–Crippen MR) is 93.9 cm³/mol. The number of benzene rings is 1. The maximum atomic E-state index is 12.4. The fourth-order valence-electron chi connectivity index (χ4n) is 2.41. The summed E-state index contributed by atoms with van der Waals surface area (Å²) in [4.78, 5) is 20.3. The van der Waals surface area contributed by atoms with Crippen LogP contribution in [-0.2, 0) is 0 Å². The molecule has 5 heteroatoms. The third-order valence-corrected chi connectivity index (χ3v) is 4.50. The number of H-pyrrole nitrogens is 1. The Balaban J connectivity index is 2.13. The molecule has 0 unspecified atom stereocenters. The van der Waals surface area contributed by atoms with Gasteiger partial charge in [-0.05, 0) is 44.9 Å². The average Bonchev–Trinajstić information content (AvgIpc) is 2.90. The number of rotatable bonds is 3. The third kappa shape index (κ3) is 2.64. The molecule has 2 heterocycles. The normalized spacial score (nSPS) is 11.3. The zero-order valence-electron chi connectivity index (χ0n) is 13.2. The van der Waals surface area contributed by atoms with Crippen molar-refractivity contribution in [1.29, 1.82) is 0 Å². The molecule has 0 atom stereocenters. The molecule has 2 N–H and O–H groups in total. The van der Waals surface area contributed by atoms with E-state index in [-0.39, 0.29) is 5.43 Å². The molecule has 3 rings (SSSR count). The lowest BCUT2D eigenvalue weighted by atomic mass is 10.0. The van der Waals surface area contributed by atoms with Crippen molar-refractivity contribution in [3.05, 3.63) is 44.9 Å². The Labute approximate surface area is 133 Å². The minimum atomic E-state index is 0.0261.